The lowest BCUT2D eigenvalue weighted by Gasteiger charge is -2.33. The molecule has 122 valence electrons. The van der Waals surface area contributed by atoms with Crippen LogP contribution in [0, 0.1) is 25.7 Å². The first-order valence-corrected chi connectivity index (χ1v) is 7.88. The van der Waals surface area contributed by atoms with Gasteiger partial charge in [0.05, 0.1) is 18.2 Å². The van der Waals surface area contributed by atoms with Gasteiger partial charge in [-0.3, -0.25) is 14.3 Å². The fourth-order valence-electron chi connectivity index (χ4n) is 3.11. The highest BCUT2D eigenvalue weighted by atomic mass is 16.4. The van der Waals surface area contributed by atoms with Crippen molar-refractivity contribution in [1.29, 1.82) is 0 Å². The van der Waals surface area contributed by atoms with E-state index >= 15 is 0 Å². The van der Waals surface area contributed by atoms with Gasteiger partial charge in [0.25, 0.3) is 0 Å². The number of likely N-dealkylation sites (tertiary alicyclic amines) is 1. The Hall–Kier alpha value is -1.85. The molecule has 1 aliphatic rings. The molecule has 2 rings (SSSR count). The number of amides is 1. The van der Waals surface area contributed by atoms with Gasteiger partial charge >= 0.3 is 5.97 Å². The summed E-state index contributed by atoms with van der Waals surface area (Å²) in [7, 11) is 0. The molecule has 1 saturated heterocycles. The predicted octanol–water partition coefficient (Wildman–Crippen LogP) is 1.85. The van der Waals surface area contributed by atoms with E-state index in [4.69, 9.17) is 5.11 Å². The molecule has 1 aromatic heterocycles. The highest BCUT2D eigenvalue weighted by molar-refractivity contribution is 5.78. The average Bonchev–Trinajstić information content (AvgIpc) is 2.76. The molecule has 0 spiro atoms. The Labute approximate surface area is 131 Å². The zero-order valence-electron chi connectivity index (χ0n) is 13.6. The molecule has 1 aromatic rings. The third kappa shape index (κ3) is 4.08. The standard InChI is InChI=1S/C16H25N3O3/c1-11(10-19-13(3)8-12(2)17-19)16(22)18-6-4-14(5-7-18)9-15(20)21/h8,11,14H,4-7,9-10H2,1-3H3,(H,20,21)/t11-/m1/s1. The van der Waals surface area contributed by atoms with Crippen molar-refractivity contribution >= 4 is 11.9 Å². The zero-order chi connectivity index (χ0) is 16.3. The highest BCUT2D eigenvalue weighted by Gasteiger charge is 2.27. The first-order chi connectivity index (χ1) is 10.4. The second-order valence-corrected chi connectivity index (χ2v) is 6.38. The molecular formula is C16H25N3O3. The van der Waals surface area contributed by atoms with Crippen molar-refractivity contribution < 1.29 is 14.7 Å². The first-order valence-electron chi connectivity index (χ1n) is 7.88. The van der Waals surface area contributed by atoms with Crippen molar-refractivity contribution in [2.24, 2.45) is 11.8 Å². The van der Waals surface area contributed by atoms with Crippen LogP contribution in [0.1, 0.15) is 37.6 Å². The minimum absolute atomic E-state index is 0.117. The van der Waals surface area contributed by atoms with Gasteiger partial charge < -0.3 is 10.0 Å². The van der Waals surface area contributed by atoms with Gasteiger partial charge in [0, 0.05) is 25.2 Å². The summed E-state index contributed by atoms with van der Waals surface area (Å²) in [5, 5.41) is 13.2. The summed E-state index contributed by atoms with van der Waals surface area (Å²) in [6, 6.07) is 2.01. The van der Waals surface area contributed by atoms with E-state index in [1.807, 2.05) is 36.4 Å². The van der Waals surface area contributed by atoms with Gasteiger partial charge in [-0.15, -0.1) is 0 Å². The Bertz CT molecular complexity index is 545. The largest absolute Gasteiger partial charge is 0.481 e. The maximum absolute atomic E-state index is 12.5. The van der Waals surface area contributed by atoms with Crippen molar-refractivity contribution in [3.63, 3.8) is 0 Å². The van der Waals surface area contributed by atoms with Gasteiger partial charge in [-0.1, -0.05) is 6.92 Å². The number of aromatic nitrogens is 2. The number of carbonyl (C=O) groups excluding carboxylic acids is 1. The summed E-state index contributed by atoms with van der Waals surface area (Å²) in [5.74, 6) is -0.522. The molecular weight excluding hydrogens is 282 g/mol. The maximum Gasteiger partial charge on any atom is 0.303 e. The summed E-state index contributed by atoms with van der Waals surface area (Å²) in [4.78, 5) is 25.1. The zero-order valence-corrected chi connectivity index (χ0v) is 13.6. The minimum Gasteiger partial charge on any atom is -0.481 e. The van der Waals surface area contributed by atoms with Crippen molar-refractivity contribution in [3.05, 3.63) is 17.5 Å². The van der Waals surface area contributed by atoms with Crippen LogP contribution in [0.3, 0.4) is 0 Å². The van der Waals surface area contributed by atoms with Crippen LogP contribution in [0.25, 0.3) is 0 Å². The van der Waals surface area contributed by atoms with E-state index in [1.54, 1.807) is 0 Å². The molecule has 1 fully saturated rings. The molecule has 1 atom stereocenters. The number of hydrogen-bond acceptors (Lipinski definition) is 3. The van der Waals surface area contributed by atoms with Crippen LogP contribution in [0.4, 0.5) is 0 Å². The lowest BCUT2D eigenvalue weighted by molar-refractivity contribution is -0.139. The molecule has 1 aliphatic heterocycles. The van der Waals surface area contributed by atoms with E-state index in [2.05, 4.69) is 5.10 Å². The molecule has 0 saturated carbocycles. The first kappa shape index (κ1) is 16.5. The molecule has 2 heterocycles. The monoisotopic (exact) mass is 307 g/mol. The number of carboxylic acids is 1. The van der Waals surface area contributed by atoms with Crippen molar-refractivity contribution in [2.45, 2.75) is 46.6 Å². The van der Waals surface area contributed by atoms with Crippen LogP contribution in [0.2, 0.25) is 0 Å². The summed E-state index contributed by atoms with van der Waals surface area (Å²) in [5.41, 5.74) is 2.03. The fourth-order valence-corrected chi connectivity index (χ4v) is 3.11. The molecule has 0 aromatic carbocycles. The Balaban J connectivity index is 1.86. The molecule has 1 N–H and O–H groups in total. The summed E-state index contributed by atoms with van der Waals surface area (Å²) >= 11 is 0. The number of hydrogen-bond donors (Lipinski definition) is 1. The lowest BCUT2D eigenvalue weighted by Crippen LogP contribution is -2.42. The van der Waals surface area contributed by atoms with Crippen LogP contribution in [-0.2, 0) is 16.1 Å². The van der Waals surface area contributed by atoms with E-state index in [0.717, 1.165) is 24.2 Å². The quantitative estimate of drug-likeness (QED) is 0.901. The van der Waals surface area contributed by atoms with Crippen molar-refractivity contribution in [2.75, 3.05) is 13.1 Å². The summed E-state index contributed by atoms with van der Waals surface area (Å²) < 4.78 is 1.88. The molecule has 6 heteroatoms. The second kappa shape index (κ2) is 6.94. The smallest absolute Gasteiger partial charge is 0.303 e. The van der Waals surface area contributed by atoms with E-state index in [1.165, 1.54) is 0 Å². The second-order valence-electron chi connectivity index (χ2n) is 6.38. The van der Waals surface area contributed by atoms with Gasteiger partial charge in [-0.2, -0.15) is 5.10 Å². The van der Waals surface area contributed by atoms with Crippen molar-refractivity contribution in [3.8, 4) is 0 Å². The van der Waals surface area contributed by atoms with Gasteiger partial charge in [-0.05, 0) is 38.7 Å². The third-order valence-electron chi connectivity index (χ3n) is 4.36. The Kier molecular flexibility index (Phi) is 5.21. The van der Waals surface area contributed by atoms with Gasteiger partial charge in [0.2, 0.25) is 5.91 Å². The fraction of sp³-hybridized carbons (Fsp3) is 0.688. The number of aryl methyl sites for hydroxylation is 2. The minimum atomic E-state index is -0.748. The highest BCUT2D eigenvalue weighted by Crippen LogP contribution is 2.22. The Morgan fingerprint density at radius 2 is 2.00 bits per heavy atom. The molecule has 0 unspecified atom stereocenters. The van der Waals surface area contributed by atoms with Crippen LogP contribution < -0.4 is 0 Å². The van der Waals surface area contributed by atoms with Gasteiger partial charge in [0.15, 0.2) is 0 Å². The molecule has 6 nitrogen and oxygen atoms in total. The molecule has 0 bridgehead atoms. The Morgan fingerprint density at radius 3 is 2.50 bits per heavy atom. The van der Waals surface area contributed by atoms with Crippen LogP contribution in [0.5, 0.6) is 0 Å². The number of piperidine rings is 1. The van der Waals surface area contributed by atoms with Crippen LogP contribution >= 0.6 is 0 Å². The number of carbonyl (C=O) groups is 2. The average molecular weight is 307 g/mol. The van der Waals surface area contributed by atoms with E-state index < -0.39 is 5.97 Å². The van der Waals surface area contributed by atoms with Gasteiger partial charge in [0.1, 0.15) is 0 Å². The Morgan fingerprint density at radius 1 is 1.36 bits per heavy atom. The maximum atomic E-state index is 12.5. The third-order valence-corrected chi connectivity index (χ3v) is 4.36. The number of carboxylic acid groups (broad SMARTS) is 1. The summed E-state index contributed by atoms with van der Waals surface area (Å²) in [6.45, 7) is 7.80. The number of aliphatic carboxylic acids is 1. The van der Waals surface area contributed by atoms with E-state index in [9.17, 15) is 9.59 Å². The van der Waals surface area contributed by atoms with E-state index in [-0.39, 0.29) is 24.2 Å². The normalized spacial score (nSPS) is 17.5. The summed E-state index contributed by atoms with van der Waals surface area (Å²) in [6.07, 6.45) is 1.78. The predicted molar refractivity (Wildman–Crippen MR) is 82.4 cm³/mol. The van der Waals surface area contributed by atoms with Gasteiger partial charge in [-0.25, -0.2) is 0 Å². The topological polar surface area (TPSA) is 75.4 Å². The van der Waals surface area contributed by atoms with Crippen LogP contribution in [-0.4, -0.2) is 44.8 Å². The van der Waals surface area contributed by atoms with Crippen LogP contribution in [0.15, 0.2) is 6.07 Å². The van der Waals surface area contributed by atoms with E-state index in [0.29, 0.717) is 19.6 Å². The molecule has 1 amide bonds. The number of rotatable bonds is 5. The molecule has 0 radical (unpaired) electrons. The molecule has 0 aliphatic carbocycles. The lowest BCUT2D eigenvalue weighted by atomic mass is 9.93. The SMILES string of the molecule is Cc1cc(C)n(C[C@@H](C)C(=O)N2CCC(CC(=O)O)CC2)n1. The van der Waals surface area contributed by atoms with Crippen molar-refractivity contribution in [1.82, 2.24) is 14.7 Å². The number of nitrogens with zero attached hydrogens (tertiary/aromatic N) is 3. The molecule has 22 heavy (non-hydrogen) atoms.